The molecule has 5 aliphatic rings. The zero-order valence-electron chi connectivity index (χ0n) is 22.6. The third kappa shape index (κ3) is 4.41. The third-order valence-corrected chi connectivity index (χ3v) is 11.3. The van der Waals surface area contributed by atoms with Crippen LogP contribution in [0.1, 0.15) is 113 Å². The molecule has 1 aromatic carbocycles. The van der Waals surface area contributed by atoms with E-state index < -0.39 is 11.5 Å². The Morgan fingerprint density at radius 1 is 0.737 bits per heavy atom. The number of fused-ring (bicyclic) bond motifs is 5. The number of hydrogen-bond donors (Lipinski definition) is 1. The largest absolute Gasteiger partial charge is 0.476 e. The first kappa shape index (κ1) is 24.8. The van der Waals surface area contributed by atoms with E-state index in [0.717, 1.165) is 42.0 Å². The number of benzene rings is 1. The molecule has 3 aliphatic carbocycles. The Kier molecular flexibility index (Phi) is 6.58. The van der Waals surface area contributed by atoms with Crippen LogP contribution in [0.2, 0.25) is 0 Å². The fraction of sp³-hybridized carbons (Fsp3) is 0.719. The molecule has 1 N–H and O–H groups in total. The van der Waals surface area contributed by atoms with Crippen LogP contribution in [0.5, 0.6) is 0 Å². The van der Waals surface area contributed by atoms with Gasteiger partial charge in [-0.1, -0.05) is 50.7 Å². The van der Waals surface area contributed by atoms with Crippen molar-refractivity contribution in [3.8, 4) is 0 Å². The lowest BCUT2D eigenvalue weighted by molar-refractivity contribution is -0.0571. The van der Waals surface area contributed by atoms with Crippen LogP contribution >= 0.6 is 0 Å². The van der Waals surface area contributed by atoms with Crippen LogP contribution in [0, 0.1) is 23.7 Å². The number of aromatic carboxylic acids is 1. The number of piperidine rings is 2. The van der Waals surface area contributed by atoms with Gasteiger partial charge in [0.25, 0.3) is 5.56 Å². The van der Waals surface area contributed by atoms with E-state index in [2.05, 4.69) is 9.88 Å². The Morgan fingerprint density at radius 3 is 2.11 bits per heavy atom. The highest BCUT2D eigenvalue weighted by Crippen LogP contribution is 2.51. The Labute approximate surface area is 225 Å². The molecule has 2 aromatic rings. The first-order valence-electron chi connectivity index (χ1n) is 15.6. The Morgan fingerprint density at radius 2 is 1.42 bits per heavy atom. The van der Waals surface area contributed by atoms with E-state index in [1.54, 1.807) is 4.57 Å². The average Bonchev–Trinajstić information content (AvgIpc) is 2.92. The van der Waals surface area contributed by atoms with Gasteiger partial charge in [-0.05, 0) is 93.6 Å². The quantitative estimate of drug-likeness (QED) is 0.506. The van der Waals surface area contributed by atoms with Gasteiger partial charge in [-0.2, -0.15) is 0 Å². The van der Waals surface area contributed by atoms with Crippen molar-refractivity contribution in [2.75, 3.05) is 0 Å². The van der Waals surface area contributed by atoms with Gasteiger partial charge in [-0.25, -0.2) is 9.78 Å². The van der Waals surface area contributed by atoms with Gasteiger partial charge in [0, 0.05) is 24.2 Å². The number of rotatable bonds is 4. The van der Waals surface area contributed by atoms with Crippen LogP contribution in [0.25, 0.3) is 11.0 Å². The molecular weight excluding hydrogens is 474 g/mol. The lowest BCUT2D eigenvalue weighted by atomic mass is 9.61. The minimum atomic E-state index is -1.23. The molecule has 4 unspecified atom stereocenters. The molecule has 2 aliphatic heterocycles. The molecule has 5 fully saturated rings. The molecular formula is C32H43N3O3. The van der Waals surface area contributed by atoms with Crippen molar-refractivity contribution in [3.63, 3.8) is 0 Å². The van der Waals surface area contributed by atoms with E-state index in [1.165, 1.54) is 83.5 Å². The molecule has 3 heterocycles. The van der Waals surface area contributed by atoms with Crippen LogP contribution in [0.3, 0.4) is 0 Å². The lowest BCUT2D eigenvalue weighted by Gasteiger charge is -2.56. The van der Waals surface area contributed by atoms with Crippen molar-refractivity contribution in [1.29, 1.82) is 0 Å². The highest BCUT2D eigenvalue weighted by Gasteiger charge is 2.47. The minimum Gasteiger partial charge on any atom is -0.476 e. The van der Waals surface area contributed by atoms with Gasteiger partial charge in [-0.15, -0.1) is 0 Å². The van der Waals surface area contributed by atoms with Crippen molar-refractivity contribution < 1.29 is 9.90 Å². The van der Waals surface area contributed by atoms with E-state index in [9.17, 15) is 14.7 Å². The minimum absolute atomic E-state index is 0.0406. The van der Waals surface area contributed by atoms with Crippen LogP contribution in [0.15, 0.2) is 29.1 Å². The summed E-state index contributed by atoms with van der Waals surface area (Å²) in [4.78, 5) is 32.5. The van der Waals surface area contributed by atoms with E-state index in [-0.39, 0.29) is 11.7 Å². The number of carboxylic acid groups (broad SMARTS) is 1. The molecule has 204 valence electrons. The van der Waals surface area contributed by atoms with Crippen molar-refractivity contribution in [3.05, 3.63) is 40.3 Å². The normalized spacial score (nSPS) is 36.3. The summed E-state index contributed by atoms with van der Waals surface area (Å²) in [5, 5.41) is 9.72. The Balaban J connectivity index is 1.12. The van der Waals surface area contributed by atoms with Gasteiger partial charge in [0.1, 0.15) is 0 Å². The van der Waals surface area contributed by atoms with Crippen molar-refractivity contribution in [1.82, 2.24) is 14.5 Å². The van der Waals surface area contributed by atoms with Gasteiger partial charge in [0.05, 0.1) is 11.0 Å². The van der Waals surface area contributed by atoms with E-state index >= 15 is 0 Å². The summed E-state index contributed by atoms with van der Waals surface area (Å²) in [6.45, 7) is 0. The number of carboxylic acids is 1. The van der Waals surface area contributed by atoms with Crippen molar-refractivity contribution >= 4 is 17.0 Å². The molecule has 4 bridgehead atoms. The summed E-state index contributed by atoms with van der Waals surface area (Å²) >= 11 is 0. The molecule has 38 heavy (non-hydrogen) atoms. The molecule has 3 saturated carbocycles. The maximum Gasteiger partial charge on any atom is 0.360 e. The standard InChI is InChI=1S/C32H43N3O3/c36-31-30(32(37)38)33-28-11-4-5-12-29(28)35(31)27-18-24-9-6-10-25(19-27)34(24)26-16-20-13-21(17-26)15-23(14-20)22-7-2-1-3-8-22/h4-5,11-12,20-27H,1-3,6-10,13-19H2,(H,37,38). The van der Waals surface area contributed by atoms with Crippen LogP contribution in [-0.2, 0) is 0 Å². The summed E-state index contributed by atoms with van der Waals surface area (Å²) in [7, 11) is 0. The summed E-state index contributed by atoms with van der Waals surface area (Å²) in [6.07, 6.45) is 20.1. The second-order valence-electron chi connectivity index (χ2n) is 13.5. The zero-order chi connectivity index (χ0) is 25.8. The summed E-state index contributed by atoms with van der Waals surface area (Å²) in [6, 6.07) is 9.29. The van der Waals surface area contributed by atoms with E-state index in [0.29, 0.717) is 23.6 Å². The highest BCUT2D eigenvalue weighted by atomic mass is 16.4. The predicted octanol–water partition coefficient (Wildman–Crippen LogP) is 6.43. The average molecular weight is 518 g/mol. The van der Waals surface area contributed by atoms with Crippen LogP contribution in [-0.4, -0.2) is 43.7 Å². The number of hydrogen-bond acceptors (Lipinski definition) is 4. The molecule has 4 atom stereocenters. The summed E-state index contributed by atoms with van der Waals surface area (Å²) in [5.41, 5.74) is 0.599. The van der Waals surface area contributed by atoms with Gasteiger partial charge >= 0.3 is 5.97 Å². The fourth-order valence-corrected chi connectivity index (χ4v) is 9.95. The van der Waals surface area contributed by atoms with Crippen molar-refractivity contribution in [2.24, 2.45) is 23.7 Å². The third-order valence-electron chi connectivity index (χ3n) is 11.3. The second kappa shape index (κ2) is 10.1. The topological polar surface area (TPSA) is 75.4 Å². The monoisotopic (exact) mass is 517 g/mol. The smallest absolute Gasteiger partial charge is 0.360 e. The number of carbonyl (C=O) groups is 1. The van der Waals surface area contributed by atoms with E-state index in [4.69, 9.17) is 0 Å². The van der Waals surface area contributed by atoms with Crippen LogP contribution in [0.4, 0.5) is 0 Å². The second-order valence-corrected chi connectivity index (χ2v) is 13.5. The zero-order valence-corrected chi connectivity index (χ0v) is 22.6. The fourth-order valence-electron chi connectivity index (χ4n) is 9.95. The van der Waals surface area contributed by atoms with E-state index in [1.807, 2.05) is 24.3 Å². The van der Waals surface area contributed by atoms with Crippen LogP contribution < -0.4 is 5.56 Å². The molecule has 1 aromatic heterocycles. The molecule has 2 saturated heterocycles. The molecule has 0 radical (unpaired) electrons. The summed E-state index contributed by atoms with van der Waals surface area (Å²) in [5.74, 6) is 2.57. The molecule has 0 spiro atoms. The van der Waals surface area contributed by atoms with Gasteiger partial charge in [0.2, 0.25) is 5.69 Å². The van der Waals surface area contributed by atoms with Gasteiger partial charge in [0.15, 0.2) is 0 Å². The Hall–Kier alpha value is -2.21. The number of aromatic nitrogens is 2. The van der Waals surface area contributed by atoms with Crippen molar-refractivity contribution in [2.45, 2.75) is 120 Å². The summed E-state index contributed by atoms with van der Waals surface area (Å²) < 4.78 is 1.80. The first-order chi connectivity index (χ1) is 18.5. The molecule has 7 rings (SSSR count). The lowest BCUT2D eigenvalue weighted by Crippen LogP contribution is -2.59. The van der Waals surface area contributed by atoms with Gasteiger partial charge < -0.3 is 9.67 Å². The SMILES string of the molecule is O=C(O)c1nc2ccccc2n(C2CC3CCCC(C2)N3C2CC3CC(CC(C4CCCCC4)C3)C2)c1=O. The first-order valence-corrected chi connectivity index (χ1v) is 15.6. The Bertz CT molecular complexity index is 1220. The highest BCUT2D eigenvalue weighted by molar-refractivity contribution is 5.88. The number of para-hydroxylation sites is 2. The predicted molar refractivity (Wildman–Crippen MR) is 148 cm³/mol. The molecule has 0 amide bonds. The maximum absolute atomic E-state index is 13.4. The molecule has 6 heteroatoms. The number of nitrogens with zero attached hydrogens (tertiary/aromatic N) is 3. The maximum atomic E-state index is 13.4. The van der Waals surface area contributed by atoms with Gasteiger partial charge in [-0.3, -0.25) is 9.69 Å². The molecule has 6 nitrogen and oxygen atoms in total.